The average molecular weight is 214 g/mol. The monoisotopic (exact) mass is 214 g/mol. The van der Waals surface area contributed by atoms with Gasteiger partial charge in [-0.3, -0.25) is 0 Å². The quantitative estimate of drug-likeness (QED) is 0.407. The van der Waals surface area contributed by atoms with Gasteiger partial charge < -0.3 is 9.16 Å². The van der Waals surface area contributed by atoms with Crippen LogP contribution in [0.25, 0.3) is 0 Å². The molecule has 0 aliphatic heterocycles. The summed E-state index contributed by atoms with van der Waals surface area (Å²) >= 11 is 0. The highest BCUT2D eigenvalue weighted by molar-refractivity contribution is 6.48. The Morgan fingerprint density at radius 1 is 1.29 bits per heavy atom. The van der Waals surface area contributed by atoms with Gasteiger partial charge in [0.1, 0.15) is 0 Å². The maximum Gasteiger partial charge on any atom is 0.265 e. The highest BCUT2D eigenvalue weighted by atomic mass is 28.3. The second kappa shape index (κ2) is 5.25. The maximum atomic E-state index is 5.58. The van der Waals surface area contributed by atoms with Gasteiger partial charge in [0.25, 0.3) is 5.95 Å². The predicted octanol–water partition coefficient (Wildman–Crippen LogP) is 3.08. The van der Waals surface area contributed by atoms with E-state index in [1.54, 1.807) is 7.11 Å². The van der Waals surface area contributed by atoms with Crippen LogP contribution < -0.4 is 0 Å². The Bertz CT molecular complexity index is 224. The molecule has 0 aromatic heterocycles. The molecule has 0 N–H and O–H groups in total. The van der Waals surface area contributed by atoms with Crippen molar-refractivity contribution in [1.82, 2.24) is 0 Å². The Labute approximate surface area is 89.3 Å². The first kappa shape index (κ1) is 13.3. The van der Waals surface area contributed by atoms with E-state index in [2.05, 4.69) is 40.4 Å². The summed E-state index contributed by atoms with van der Waals surface area (Å²) in [6, 6.07) is 0. The van der Waals surface area contributed by atoms with Gasteiger partial charge in [0.05, 0.1) is 7.11 Å². The molecule has 82 valence electrons. The predicted molar refractivity (Wildman–Crippen MR) is 63.6 cm³/mol. The summed E-state index contributed by atoms with van der Waals surface area (Å²) in [5, 5.41) is 0. The summed E-state index contributed by atoms with van der Waals surface area (Å²) in [7, 11) is 0.530. The first-order valence-corrected chi connectivity index (χ1v) is 7.67. The zero-order chi connectivity index (χ0) is 11.4. The van der Waals surface area contributed by atoms with Crippen molar-refractivity contribution in [3.05, 3.63) is 24.2 Å². The highest BCUT2D eigenvalue weighted by Crippen LogP contribution is 2.25. The van der Waals surface area contributed by atoms with Crippen molar-refractivity contribution in [2.24, 2.45) is 5.41 Å². The molecule has 0 aliphatic rings. The molecule has 0 bridgehead atoms. The molecule has 0 saturated carbocycles. The Morgan fingerprint density at radius 3 is 2.07 bits per heavy atom. The van der Waals surface area contributed by atoms with Gasteiger partial charge in [-0.1, -0.05) is 27.4 Å². The van der Waals surface area contributed by atoms with E-state index in [1.165, 1.54) is 0 Å². The van der Waals surface area contributed by atoms with Crippen molar-refractivity contribution in [3.63, 3.8) is 0 Å². The lowest BCUT2D eigenvalue weighted by atomic mass is 9.88. The first-order valence-electron chi connectivity index (χ1n) is 4.89. The largest absolute Gasteiger partial charge is 0.522 e. The van der Waals surface area contributed by atoms with Gasteiger partial charge in [-0.2, -0.15) is 0 Å². The Morgan fingerprint density at radius 2 is 1.79 bits per heavy atom. The van der Waals surface area contributed by atoms with Gasteiger partial charge in [0.15, 0.2) is 0 Å². The van der Waals surface area contributed by atoms with Crippen LogP contribution in [0.4, 0.5) is 0 Å². The van der Waals surface area contributed by atoms with E-state index in [9.17, 15) is 0 Å². The Kier molecular flexibility index (Phi) is 4.98. The van der Waals surface area contributed by atoms with Crippen molar-refractivity contribution < 1.29 is 9.16 Å². The van der Waals surface area contributed by atoms with Crippen LogP contribution in [0, 0.1) is 5.41 Å². The van der Waals surface area contributed by atoms with E-state index in [4.69, 9.17) is 9.16 Å². The summed E-state index contributed by atoms with van der Waals surface area (Å²) in [6.07, 6.45) is 1.88. The fourth-order valence-corrected chi connectivity index (χ4v) is 1.36. The fourth-order valence-electron chi connectivity index (χ4n) is 0.732. The van der Waals surface area contributed by atoms with E-state index >= 15 is 0 Å². The van der Waals surface area contributed by atoms with Crippen molar-refractivity contribution in [2.75, 3.05) is 7.11 Å². The molecule has 0 atom stereocenters. The molecule has 0 radical (unpaired) electrons. The third-order valence-corrected chi connectivity index (χ3v) is 2.51. The Balaban J connectivity index is 4.52. The van der Waals surface area contributed by atoms with Crippen LogP contribution in [0.1, 0.15) is 20.8 Å². The molecule has 0 rings (SSSR count). The van der Waals surface area contributed by atoms with E-state index in [0.29, 0.717) is 5.95 Å². The normalized spacial score (nSPS) is 12.9. The molecule has 0 aliphatic carbocycles. The topological polar surface area (TPSA) is 18.5 Å². The molecule has 3 heteroatoms. The zero-order valence-corrected chi connectivity index (χ0v) is 11.3. The van der Waals surface area contributed by atoms with E-state index in [-0.39, 0.29) is 5.41 Å². The molecule has 2 nitrogen and oxygen atoms in total. The van der Waals surface area contributed by atoms with Gasteiger partial charge in [0.2, 0.25) is 9.04 Å². The SMILES string of the molecule is C=C(/C=C(\OC)O[SiH](C)C)C(C)(C)C. The number of ether oxygens (including phenoxy) is 1. The molecule has 0 spiro atoms. The van der Waals surface area contributed by atoms with Crippen LogP contribution in [0.3, 0.4) is 0 Å². The second-order valence-corrected chi connectivity index (χ2v) is 6.94. The standard InChI is InChI=1S/C11H22O2Si/c1-9(11(2,3)4)8-10(12-5)13-14(6)7/h8,14H,1H2,2-7H3/b10-8+. The summed E-state index contributed by atoms with van der Waals surface area (Å²) in [5.41, 5.74) is 1.08. The lowest BCUT2D eigenvalue weighted by Gasteiger charge is -2.20. The third kappa shape index (κ3) is 5.12. The van der Waals surface area contributed by atoms with Crippen molar-refractivity contribution >= 4 is 9.04 Å². The van der Waals surface area contributed by atoms with Gasteiger partial charge in [-0.25, -0.2) is 0 Å². The Hall–Kier alpha value is -0.703. The number of hydrogen-bond acceptors (Lipinski definition) is 2. The van der Waals surface area contributed by atoms with Crippen LogP contribution in [0.15, 0.2) is 24.2 Å². The molecule has 0 saturated heterocycles. The van der Waals surface area contributed by atoms with Crippen molar-refractivity contribution in [3.8, 4) is 0 Å². The molecule has 0 amide bonds. The lowest BCUT2D eigenvalue weighted by molar-refractivity contribution is 0.151. The molecular weight excluding hydrogens is 192 g/mol. The van der Waals surface area contributed by atoms with Crippen LogP contribution in [0.2, 0.25) is 13.1 Å². The molecule has 14 heavy (non-hydrogen) atoms. The van der Waals surface area contributed by atoms with E-state index in [0.717, 1.165) is 5.57 Å². The number of methoxy groups -OCH3 is 1. The maximum absolute atomic E-state index is 5.58. The average Bonchev–Trinajstić information content (AvgIpc) is 2.00. The van der Waals surface area contributed by atoms with Gasteiger partial charge in [-0.05, 0) is 24.1 Å². The molecule has 0 aromatic rings. The van der Waals surface area contributed by atoms with Crippen LogP contribution in [-0.2, 0) is 9.16 Å². The third-order valence-electron chi connectivity index (χ3n) is 1.81. The van der Waals surface area contributed by atoms with Crippen molar-refractivity contribution in [1.29, 1.82) is 0 Å². The molecule has 0 fully saturated rings. The lowest BCUT2D eigenvalue weighted by Crippen LogP contribution is -2.11. The molecule has 0 aromatic carbocycles. The fraction of sp³-hybridized carbons (Fsp3) is 0.636. The van der Waals surface area contributed by atoms with Gasteiger partial charge >= 0.3 is 0 Å². The minimum absolute atomic E-state index is 0.0612. The molecule has 0 unspecified atom stereocenters. The number of allylic oxidation sites excluding steroid dienone is 2. The van der Waals surface area contributed by atoms with Crippen LogP contribution in [-0.4, -0.2) is 16.2 Å². The summed E-state index contributed by atoms with van der Waals surface area (Å²) in [5.74, 6) is 0.589. The molecular formula is C11H22O2Si. The van der Waals surface area contributed by atoms with Crippen molar-refractivity contribution in [2.45, 2.75) is 33.9 Å². The van der Waals surface area contributed by atoms with Crippen LogP contribution in [0.5, 0.6) is 0 Å². The summed E-state index contributed by atoms with van der Waals surface area (Å²) < 4.78 is 10.7. The minimum atomic E-state index is -1.09. The summed E-state index contributed by atoms with van der Waals surface area (Å²) in [4.78, 5) is 0. The van der Waals surface area contributed by atoms with Gasteiger partial charge in [-0.15, -0.1) is 0 Å². The van der Waals surface area contributed by atoms with Crippen LogP contribution >= 0.6 is 0 Å². The number of hydrogen-bond donors (Lipinski definition) is 0. The zero-order valence-electron chi connectivity index (χ0n) is 10.2. The van der Waals surface area contributed by atoms with E-state index < -0.39 is 9.04 Å². The second-order valence-electron chi connectivity index (χ2n) is 4.61. The highest BCUT2D eigenvalue weighted by Gasteiger charge is 2.14. The van der Waals surface area contributed by atoms with E-state index in [1.807, 2.05) is 6.08 Å². The summed E-state index contributed by atoms with van der Waals surface area (Å²) in [6.45, 7) is 14.6. The minimum Gasteiger partial charge on any atom is -0.522 e. The molecule has 0 heterocycles. The first-order chi connectivity index (χ1) is 6.27. The smallest absolute Gasteiger partial charge is 0.265 e. The van der Waals surface area contributed by atoms with Gasteiger partial charge in [0, 0.05) is 6.08 Å². The number of rotatable bonds is 4.